The topological polar surface area (TPSA) is 80.9 Å². The van der Waals surface area contributed by atoms with Gasteiger partial charge in [-0.3, -0.25) is 0 Å². The number of carbonyl (C=O) groups is 1. The lowest BCUT2D eigenvalue weighted by Crippen LogP contribution is -2.06. The van der Waals surface area contributed by atoms with E-state index >= 15 is 0 Å². The van der Waals surface area contributed by atoms with E-state index in [1.165, 1.54) is 6.20 Å². The fourth-order valence-electron chi connectivity index (χ4n) is 3.26. The molecule has 29 heavy (non-hydrogen) atoms. The Balaban J connectivity index is 1.80. The van der Waals surface area contributed by atoms with Gasteiger partial charge in [-0.1, -0.05) is 51.1 Å². The minimum atomic E-state index is -1.02. The standard InChI is InChI=1S/C23H28N4O2/c1-4-14-27-21(25-20(26-27)12-7-16(2)3)15-17-8-10-18(11-9-17)19-6-5-13-24-22(19)23(28)29/h5-6,8-11,13,16H,4,7,12,14-15H2,1-3H3,(H,28,29). The predicted octanol–water partition coefficient (Wildman–Crippen LogP) is 4.63. The summed E-state index contributed by atoms with van der Waals surface area (Å²) >= 11 is 0. The summed E-state index contributed by atoms with van der Waals surface area (Å²) in [5.74, 6) is 1.50. The summed E-state index contributed by atoms with van der Waals surface area (Å²) in [6.07, 6.45) is 5.20. The highest BCUT2D eigenvalue weighted by atomic mass is 16.4. The molecule has 1 N–H and O–H groups in total. The first kappa shape index (κ1) is 20.7. The van der Waals surface area contributed by atoms with Gasteiger partial charge in [0.25, 0.3) is 0 Å². The van der Waals surface area contributed by atoms with Crippen LogP contribution in [0.4, 0.5) is 0 Å². The molecule has 0 atom stereocenters. The molecule has 0 saturated carbocycles. The van der Waals surface area contributed by atoms with E-state index < -0.39 is 5.97 Å². The monoisotopic (exact) mass is 392 g/mol. The summed E-state index contributed by atoms with van der Waals surface area (Å²) in [6.45, 7) is 7.43. The Bertz CT molecular complexity index is 961. The highest BCUT2D eigenvalue weighted by Gasteiger charge is 2.14. The summed E-state index contributed by atoms with van der Waals surface area (Å²) in [6, 6.07) is 11.5. The van der Waals surface area contributed by atoms with Gasteiger partial charge >= 0.3 is 5.97 Å². The maximum absolute atomic E-state index is 11.4. The Morgan fingerprint density at radius 3 is 2.59 bits per heavy atom. The van der Waals surface area contributed by atoms with Gasteiger partial charge in [0.15, 0.2) is 11.5 Å². The maximum Gasteiger partial charge on any atom is 0.355 e. The highest BCUT2D eigenvalue weighted by Crippen LogP contribution is 2.23. The number of aromatic nitrogens is 4. The van der Waals surface area contributed by atoms with E-state index in [4.69, 9.17) is 10.1 Å². The molecule has 0 radical (unpaired) electrons. The van der Waals surface area contributed by atoms with Crippen molar-refractivity contribution in [2.75, 3.05) is 0 Å². The maximum atomic E-state index is 11.4. The quantitative estimate of drug-likeness (QED) is 0.574. The predicted molar refractivity (Wildman–Crippen MR) is 113 cm³/mol. The Labute approximate surface area is 171 Å². The molecule has 152 valence electrons. The average Bonchev–Trinajstić information content (AvgIpc) is 3.08. The summed E-state index contributed by atoms with van der Waals surface area (Å²) in [5.41, 5.74) is 2.65. The van der Waals surface area contributed by atoms with Gasteiger partial charge in [0.05, 0.1) is 0 Å². The van der Waals surface area contributed by atoms with Crippen molar-refractivity contribution in [3.63, 3.8) is 0 Å². The second-order valence-corrected chi connectivity index (χ2v) is 7.68. The van der Waals surface area contributed by atoms with Crippen molar-refractivity contribution in [2.24, 2.45) is 5.92 Å². The van der Waals surface area contributed by atoms with E-state index in [1.54, 1.807) is 12.1 Å². The van der Waals surface area contributed by atoms with Crippen molar-refractivity contribution < 1.29 is 9.90 Å². The molecule has 0 saturated heterocycles. The van der Waals surface area contributed by atoms with Crippen LogP contribution in [0, 0.1) is 5.92 Å². The zero-order chi connectivity index (χ0) is 20.8. The van der Waals surface area contributed by atoms with E-state index in [9.17, 15) is 9.90 Å². The SMILES string of the molecule is CCCn1nc(CCC(C)C)nc1Cc1ccc(-c2cccnc2C(=O)O)cc1. The molecule has 6 nitrogen and oxygen atoms in total. The minimum absolute atomic E-state index is 0.0673. The van der Waals surface area contributed by atoms with E-state index in [0.29, 0.717) is 17.9 Å². The summed E-state index contributed by atoms with van der Waals surface area (Å²) in [4.78, 5) is 20.2. The molecule has 0 fully saturated rings. The lowest BCUT2D eigenvalue weighted by Gasteiger charge is -2.07. The second-order valence-electron chi connectivity index (χ2n) is 7.68. The second kappa shape index (κ2) is 9.45. The molecule has 2 aromatic heterocycles. The Morgan fingerprint density at radius 2 is 1.93 bits per heavy atom. The first-order chi connectivity index (χ1) is 14.0. The summed E-state index contributed by atoms with van der Waals surface area (Å²) in [7, 11) is 0. The van der Waals surface area contributed by atoms with Crippen LogP contribution < -0.4 is 0 Å². The molecule has 0 amide bonds. The molecule has 6 heteroatoms. The average molecular weight is 393 g/mol. The third kappa shape index (κ3) is 5.28. The lowest BCUT2D eigenvalue weighted by atomic mass is 10.0. The highest BCUT2D eigenvalue weighted by molar-refractivity contribution is 5.93. The van der Waals surface area contributed by atoms with Crippen LogP contribution in [0.25, 0.3) is 11.1 Å². The lowest BCUT2D eigenvalue weighted by molar-refractivity contribution is 0.0691. The van der Waals surface area contributed by atoms with Crippen LogP contribution in [0.5, 0.6) is 0 Å². The van der Waals surface area contributed by atoms with Crippen molar-refractivity contribution >= 4 is 5.97 Å². The van der Waals surface area contributed by atoms with Crippen LogP contribution in [0.3, 0.4) is 0 Å². The number of carboxylic acids is 1. The first-order valence-corrected chi connectivity index (χ1v) is 10.2. The zero-order valence-electron chi connectivity index (χ0n) is 17.3. The molecule has 0 bridgehead atoms. The first-order valence-electron chi connectivity index (χ1n) is 10.2. The van der Waals surface area contributed by atoms with Crippen molar-refractivity contribution in [1.29, 1.82) is 0 Å². The van der Waals surface area contributed by atoms with Gasteiger partial charge in [0, 0.05) is 31.1 Å². The van der Waals surface area contributed by atoms with Crippen LogP contribution in [0.2, 0.25) is 0 Å². The number of aromatic carboxylic acids is 1. The molecule has 3 aromatic rings. The molecular weight excluding hydrogens is 364 g/mol. The van der Waals surface area contributed by atoms with Crippen LogP contribution in [-0.4, -0.2) is 30.8 Å². The third-order valence-electron chi connectivity index (χ3n) is 4.81. The van der Waals surface area contributed by atoms with Gasteiger partial charge in [-0.25, -0.2) is 19.4 Å². The van der Waals surface area contributed by atoms with Crippen molar-refractivity contribution in [2.45, 2.75) is 53.0 Å². The molecule has 2 heterocycles. The van der Waals surface area contributed by atoms with E-state index in [2.05, 4.69) is 25.8 Å². The summed E-state index contributed by atoms with van der Waals surface area (Å²) < 4.78 is 2.02. The van der Waals surface area contributed by atoms with Gasteiger partial charge in [-0.05, 0) is 36.0 Å². The fourth-order valence-corrected chi connectivity index (χ4v) is 3.26. The van der Waals surface area contributed by atoms with Crippen LogP contribution in [0.1, 0.15) is 61.3 Å². The molecule has 1 aromatic carbocycles. The van der Waals surface area contributed by atoms with Crippen LogP contribution >= 0.6 is 0 Å². The van der Waals surface area contributed by atoms with Crippen LogP contribution in [-0.2, 0) is 19.4 Å². The number of pyridine rings is 1. The van der Waals surface area contributed by atoms with Gasteiger partial charge in [-0.2, -0.15) is 5.10 Å². The zero-order valence-corrected chi connectivity index (χ0v) is 17.3. The number of benzene rings is 1. The number of aryl methyl sites for hydroxylation is 2. The molecule has 0 spiro atoms. The largest absolute Gasteiger partial charge is 0.476 e. The fraction of sp³-hybridized carbons (Fsp3) is 0.391. The smallest absolute Gasteiger partial charge is 0.355 e. The van der Waals surface area contributed by atoms with E-state index in [1.807, 2.05) is 28.9 Å². The molecule has 0 aliphatic heterocycles. The number of nitrogens with zero attached hydrogens (tertiary/aromatic N) is 4. The number of hydrogen-bond acceptors (Lipinski definition) is 4. The molecule has 0 aliphatic rings. The number of rotatable bonds is 9. The van der Waals surface area contributed by atoms with Crippen molar-refractivity contribution in [3.8, 4) is 11.1 Å². The van der Waals surface area contributed by atoms with Crippen molar-refractivity contribution in [3.05, 3.63) is 65.5 Å². The number of carboxylic acid groups (broad SMARTS) is 1. The Kier molecular flexibility index (Phi) is 6.75. The van der Waals surface area contributed by atoms with E-state index in [0.717, 1.165) is 48.6 Å². The Morgan fingerprint density at radius 1 is 1.17 bits per heavy atom. The van der Waals surface area contributed by atoms with E-state index in [-0.39, 0.29) is 5.69 Å². The molecule has 0 aliphatic carbocycles. The van der Waals surface area contributed by atoms with Gasteiger partial charge in [-0.15, -0.1) is 0 Å². The molecule has 0 unspecified atom stereocenters. The van der Waals surface area contributed by atoms with Gasteiger partial charge in [0.1, 0.15) is 5.82 Å². The minimum Gasteiger partial charge on any atom is -0.476 e. The third-order valence-corrected chi connectivity index (χ3v) is 4.81. The Hall–Kier alpha value is -3.02. The normalized spacial score (nSPS) is 11.2. The van der Waals surface area contributed by atoms with Crippen LogP contribution in [0.15, 0.2) is 42.6 Å². The molecule has 3 rings (SSSR count). The van der Waals surface area contributed by atoms with Gasteiger partial charge in [0.2, 0.25) is 0 Å². The van der Waals surface area contributed by atoms with Crippen molar-refractivity contribution in [1.82, 2.24) is 19.7 Å². The number of hydrogen-bond donors (Lipinski definition) is 1. The molecular formula is C23H28N4O2. The summed E-state index contributed by atoms with van der Waals surface area (Å²) in [5, 5.41) is 14.1. The van der Waals surface area contributed by atoms with Gasteiger partial charge < -0.3 is 5.11 Å².